The summed E-state index contributed by atoms with van der Waals surface area (Å²) in [4.78, 5) is 11.9. The van der Waals surface area contributed by atoms with Crippen LogP contribution in [0, 0.1) is 0 Å². The number of hydrogen-bond donors (Lipinski definition) is 2. The summed E-state index contributed by atoms with van der Waals surface area (Å²) in [6, 6.07) is 1.21. The van der Waals surface area contributed by atoms with Crippen molar-refractivity contribution >= 4 is 5.91 Å². The number of halogens is 2. The largest absolute Gasteiger partial charge is 0.388 e. The lowest BCUT2D eigenvalue weighted by molar-refractivity contribution is -0.128. The molecule has 1 aliphatic carbocycles. The fourth-order valence-corrected chi connectivity index (χ4v) is 2.29. The Morgan fingerprint density at radius 3 is 2.65 bits per heavy atom. The van der Waals surface area contributed by atoms with Gasteiger partial charge in [-0.2, -0.15) is 5.10 Å². The third kappa shape index (κ3) is 3.53. The molecule has 1 fully saturated rings. The lowest BCUT2D eigenvalue weighted by Gasteiger charge is -2.36. The van der Waals surface area contributed by atoms with Crippen molar-refractivity contribution in [3.63, 3.8) is 0 Å². The molecule has 0 aromatic carbocycles. The van der Waals surface area contributed by atoms with Gasteiger partial charge in [0.05, 0.1) is 5.60 Å². The number of aliphatic hydroxyl groups is 1. The highest BCUT2D eigenvalue weighted by Crippen LogP contribution is 2.38. The SMILES string of the molecule is C[C@@H](C(=O)NCC1(O)CCC(F)(F)CC1)n1cccn1. The third-order valence-corrected chi connectivity index (χ3v) is 3.81. The van der Waals surface area contributed by atoms with Crippen LogP contribution in [0.5, 0.6) is 0 Å². The molecule has 0 saturated heterocycles. The smallest absolute Gasteiger partial charge is 0.248 e. The molecule has 1 aromatic heterocycles. The van der Waals surface area contributed by atoms with E-state index in [4.69, 9.17) is 0 Å². The van der Waals surface area contributed by atoms with Crippen molar-refractivity contribution in [2.45, 2.75) is 50.2 Å². The highest BCUT2D eigenvalue weighted by Gasteiger charge is 2.42. The lowest BCUT2D eigenvalue weighted by Crippen LogP contribution is -2.48. The maximum atomic E-state index is 13.1. The molecule has 5 nitrogen and oxygen atoms in total. The van der Waals surface area contributed by atoms with Gasteiger partial charge in [0.1, 0.15) is 6.04 Å². The number of amides is 1. The fourth-order valence-electron chi connectivity index (χ4n) is 2.29. The molecule has 20 heavy (non-hydrogen) atoms. The molecule has 0 bridgehead atoms. The maximum absolute atomic E-state index is 13.1. The molecule has 0 radical (unpaired) electrons. The Bertz CT molecular complexity index is 452. The van der Waals surface area contributed by atoms with Crippen LogP contribution in [0.2, 0.25) is 0 Å². The minimum Gasteiger partial charge on any atom is -0.388 e. The highest BCUT2D eigenvalue weighted by molar-refractivity contribution is 5.79. The van der Waals surface area contributed by atoms with E-state index in [0.29, 0.717) is 0 Å². The zero-order valence-corrected chi connectivity index (χ0v) is 11.4. The molecule has 1 aliphatic rings. The number of alkyl halides is 2. The molecular weight excluding hydrogens is 268 g/mol. The molecule has 1 aromatic rings. The van der Waals surface area contributed by atoms with Gasteiger partial charge in [0.2, 0.25) is 11.8 Å². The van der Waals surface area contributed by atoms with Crippen molar-refractivity contribution in [3.05, 3.63) is 18.5 Å². The van der Waals surface area contributed by atoms with Gasteiger partial charge in [-0.1, -0.05) is 0 Å². The van der Waals surface area contributed by atoms with Gasteiger partial charge in [-0.25, -0.2) is 8.78 Å². The number of nitrogens with zero attached hydrogens (tertiary/aromatic N) is 2. The second-order valence-corrected chi connectivity index (χ2v) is 5.46. The molecule has 0 spiro atoms. The van der Waals surface area contributed by atoms with Crippen LogP contribution in [-0.4, -0.2) is 38.9 Å². The standard InChI is InChI=1S/C13H19F2N3O2/c1-10(18-8-2-7-17-18)11(19)16-9-12(20)3-5-13(14,15)6-4-12/h2,7-8,10,20H,3-6,9H2,1H3,(H,16,19)/t10-/m0/s1. The molecule has 2 rings (SSSR count). The second kappa shape index (κ2) is 5.47. The minimum absolute atomic E-state index is 0.00354. The molecule has 0 aliphatic heterocycles. The van der Waals surface area contributed by atoms with Crippen molar-refractivity contribution in [2.24, 2.45) is 0 Å². The van der Waals surface area contributed by atoms with Gasteiger partial charge in [-0.3, -0.25) is 9.48 Å². The van der Waals surface area contributed by atoms with Crippen LogP contribution >= 0.6 is 0 Å². The van der Waals surface area contributed by atoms with Gasteiger partial charge < -0.3 is 10.4 Å². The summed E-state index contributed by atoms with van der Waals surface area (Å²) in [6.45, 7) is 1.68. The first-order valence-corrected chi connectivity index (χ1v) is 6.68. The Morgan fingerprint density at radius 2 is 2.10 bits per heavy atom. The molecule has 1 saturated carbocycles. The number of aromatic nitrogens is 2. The first-order valence-electron chi connectivity index (χ1n) is 6.68. The van der Waals surface area contributed by atoms with Gasteiger partial charge in [0.15, 0.2) is 0 Å². The summed E-state index contributed by atoms with van der Waals surface area (Å²) >= 11 is 0. The fraction of sp³-hybridized carbons (Fsp3) is 0.692. The number of rotatable bonds is 4. The molecule has 112 valence electrons. The summed E-state index contributed by atoms with van der Waals surface area (Å²) in [5, 5.41) is 16.8. The first-order chi connectivity index (χ1) is 9.31. The summed E-state index contributed by atoms with van der Waals surface area (Å²) in [6.07, 6.45) is 2.55. The topological polar surface area (TPSA) is 67.2 Å². The van der Waals surface area contributed by atoms with E-state index in [-0.39, 0.29) is 38.1 Å². The van der Waals surface area contributed by atoms with Gasteiger partial charge in [0.25, 0.3) is 0 Å². The Labute approximate surface area is 116 Å². The maximum Gasteiger partial charge on any atom is 0.248 e. The molecule has 1 atom stereocenters. The first kappa shape index (κ1) is 14.9. The Morgan fingerprint density at radius 1 is 1.45 bits per heavy atom. The van der Waals surface area contributed by atoms with Crippen LogP contribution in [0.3, 0.4) is 0 Å². The number of carbonyl (C=O) groups excluding carboxylic acids is 1. The van der Waals surface area contributed by atoms with Gasteiger partial charge in [-0.05, 0) is 25.8 Å². The van der Waals surface area contributed by atoms with Crippen molar-refractivity contribution in [2.75, 3.05) is 6.54 Å². The zero-order chi connectivity index (χ0) is 14.8. The normalized spacial score (nSPS) is 22.2. The van der Waals surface area contributed by atoms with Crippen molar-refractivity contribution in [1.29, 1.82) is 0 Å². The van der Waals surface area contributed by atoms with Crippen LogP contribution in [0.1, 0.15) is 38.6 Å². The minimum atomic E-state index is -2.70. The zero-order valence-electron chi connectivity index (χ0n) is 11.4. The van der Waals surface area contributed by atoms with E-state index in [1.54, 1.807) is 25.4 Å². The van der Waals surface area contributed by atoms with Gasteiger partial charge in [0, 0.05) is 31.8 Å². The summed E-state index contributed by atoms with van der Waals surface area (Å²) < 4.78 is 27.6. The van der Waals surface area contributed by atoms with E-state index in [0.717, 1.165) is 0 Å². The average molecular weight is 287 g/mol. The summed E-state index contributed by atoms with van der Waals surface area (Å²) in [5.74, 6) is -2.99. The van der Waals surface area contributed by atoms with Gasteiger partial charge in [-0.15, -0.1) is 0 Å². The molecule has 7 heteroatoms. The van der Waals surface area contributed by atoms with Crippen LogP contribution in [0.15, 0.2) is 18.5 Å². The van der Waals surface area contributed by atoms with Crippen molar-refractivity contribution in [1.82, 2.24) is 15.1 Å². The number of nitrogens with one attached hydrogen (secondary N) is 1. The van der Waals surface area contributed by atoms with E-state index in [2.05, 4.69) is 10.4 Å². The monoisotopic (exact) mass is 287 g/mol. The predicted octanol–water partition coefficient (Wildman–Crippen LogP) is 1.50. The summed E-state index contributed by atoms with van der Waals surface area (Å²) in [7, 11) is 0. The van der Waals surface area contributed by atoms with E-state index >= 15 is 0 Å². The molecule has 0 unspecified atom stereocenters. The Balaban J connectivity index is 1.84. The number of carbonyl (C=O) groups is 1. The molecule has 2 N–H and O–H groups in total. The highest BCUT2D eigenvalue weighted by atomic mass is 19.3. The van der Waals surface area contributed by atoms with Crippen LogP contribution in [-0.2, 0) is 4.79 Å². The van der Waals surface area contributed by atoms with Crippen molar-refractivity contribution < 1.29 is 18.7 Å². The Kier molecular flexibility index (Phi) is 4.08. The van der Waals surface area contributed by atoms with Gasteiger partial charge >= 0.3 is 0 Å². The van der Waals surface area contributed by atoms with Crippen LogP contribution in [0.25, 0.3) is 0 Å². The third-order valence-electron chi connectivity index (χ3n) is 3.81. The van der Waals surface area contributed by atoms with Crippen molar-refractivity contribution in [3.8, 4) is 0 Å². The predicted molar refractivity (Wildman–Crippen MR) is 68.3 cm³/mol. The lowest BCUT2D eigenvalue weighted by atomic mass is 9.82. The number of hydrogen-bond acceptors (Lipinski definition) is 3. The Hall–Kier alpha value is -1.50. The van der Waals surface area contributed by atoms with E-state index in [1.807, 2.05) is 0 Å². The van der Waals surface area contributed by atoms with E-state index in [1.165, 1.54) is 4.68 Å². The quantitative estimate of drug-likeness (QED) is 0.882. The summed E-state index contributed by atoms with van der Waals surface area (Å²) in [5.41, 5.74) is -1.23. The van der Waals surface area contributed by atoms with Crippen LogP contribution in [0.4, 0.5) is 8.78 Å². The second-order valence-electron chi connectivity index (χ2n) is 5.46. The molecular formula is C13H19F2N3O2. The molecule has 1 amide bonds. The van der Waals surface area contributed by atoms with Crippen LogP contribution < -0.4 is 5.32 Å². The van der Waals surface area contributed by atoms with E-state index < -0.39 is 17.6 Å². The average Bonchev–Trinajstić information content (AvgIpc) is 2.93. The molecule has 1 heterocycles. The van der Waals surface area contributed by atoms with E-state index in [9.17, 15) is 18.7 Å².